The number of imidazole rings is 1. The highest BCUT2D eigenvalue weighted by molar-refractivity contribution is 6.30. The van der Waals surface area contributed by atoms with E-state index in [2.05, 4.69) is 69.2 Å². The average Bonchev–Trinajstić information content (AvgIpc) is 3.58. The van der Waals surface area contributed by atoms with Crippen LogP contribution in [0.15, 0.2) is 77.7 Å². The summed E-state index contributed by atoms with van der Waals surface area (Å²) in [5.74, 6) is 2.09. The maximum atomic E-state index is 13.3. The van der Waals surface area contributed by atoms with Gasteiger partial charge in [0.15, 0.2) is 0 Å². The first-order valence-corrected chi connectivity index (χ1v) is 24.7. The Kier molecular flexibility index (Phi) is 12.5. The third-order valence-electron chi connectivity index (χ3n) is 16.2. The van der Waals surface area contributed by atoms with Gasteiger partial charge in [-0.2, -0.15) is 5.26 Å². The lowest BCUT2D eigenvalue weighted by atomic mass is 9.59. The first-order valence-electron chi connectivity index (χ1n) is 24.4. The molecule has 1 unspecified atom stereocenters. The average molecular weight is 925 g/mol. The monoisotopic (exact) mass is 923 g/mol. The van der Waals surface area contributed by atoms with Crippen LogP contribution in [0.2, 0.25) is 5.02 Å². The van der Waals surface area contributed by atoms with Crippen LogP contribution < -0.4 is 20.6 Å². The van der Waals surface area contributed by atoms with Crippen molar-refractivity contribution in [3.63, 3.8) is 0 Å². The Bertz CT molecular complexity index is 2740. The van der Waals surface area contributed by atoms with E-state index >= 15 is 0 Å². The molecule has 0 radical (unpaired) electrons. The third-order valence-corrected chi connectivity index (χ3v) is 16.5. The number of benzene rings is 3. The second-order valence-corrected chi connectivity index (χ2v) is 21.1. The summed E-state index contributed by atoms with van der Waals surface area (Å²) in [6, 6.07) is 24.1. The number of hydrogen-bond acceptors (Lipinski definition) is 10. The number of aromatic nitrogens is 4. The number of aryl methyl sites for hydroxylation is 1. The predicted octanol–water partition coefficient (Wildman–Crippen LogP) is 7.88. The van der Waals surface area contributed by atoms with Gasteiger partial charge in [0.2, 0.25) is 17.8 Å². The van der Waals surface area contributed by atoms with Gasteiger partial charge in [-0.05, 0) is 166 Å². The minimum atomic E-state index is -0.662. The molecule has 1 atom stereocenters. The molecule has 1 aliphatic carbocycles. The van der Waals surface area contributed by atoms with E-state index in [1.165, 1.54) is 63.7 Å². The van der Waals surface area contributed by atoms with Gasteiger partial charge in [0.05, 0.1) is 28.4 Å². The highest BCUT2D eigenvalue weighted by atomic mass is 35.5. The van der Waals surface area contributed by atoms with E-state index in [1.807, 2.05) is 42.6 Å². The molecule has 350 valence electrons. The molecule has 0 bridgehead atoms. The fourth-order valence-corrected chi connectivity index (χ4v) is 12.1. The summed E-state index contributed by atoms with van der Waals surface area (Å²) in [5, 5.41) is 12.4. The number of halogens is 1. The number of carbonyl (C=O) groups is 2. The molecule has 2 aromatic heterocycles. The smallest absolute Gasteiger partial charge is 0.329 e. The number of nitriles is 1. The lowest BCUT2D eigenvalue weighted by molar-refractivity contribution is -0.135. The van der Waals surface area contributed by atoms with Gasteiger partial charge in [-0.3, -0.25) is 24.0 Å². The first kappa shape index (κ1) is 45.2. The van der Waals surface area contributed by atoms with Gasteiger partial charge in [0, 0.05) is 55.8 Å². The zero-order chi connectivity index (χ0) is 46.5. The van der Waals surface area contributed by atoms with Crippen LogP contribution in [0.1, 0.15) is 118 Å². The van der Waals surface area contributed by atoms with Crippen LogP contribution in [0.5, 0.6) is 5.75 Å². The number of anilines is 1. The molecule has 1 saturated carbocycles. The second-order valence-electron chi connectivity index (χ2n) is 20.7. The van der Waals surface area contributed by atoms with Crippen LogP contribution in [-0.2, 0) is 28.7 Å². The van der Waals surface area contributed by atoms with Crippen LogP contribution in [0.4, 0.5) is 5.95 Å². The minimum Gasteiger partial charge on any atom is -0.487 e. The van der Waals surface area contributed by atoms with Gasteiger partial charge in [-0.1, -0.05) is 43.6 Å². The van der Waals surface area contributed by atoms with Crippen molar-refractivity contribution >= 4 is 40.4 Å². The summed E-state index contributed by atoms with van der Waals surface area (Å²) in [6.07, 6.45) is 12.2. The number of nitrogens with one attached hydrogen (secondary N) is 1. The molecule has 5 fully saturated rings. The lowest BCUT2D eigenvalue weighted by Crippen LogP contribution is -2.56. The Morgan fingerprint density at radius 3 is 2.33 bits per heavy atom. The lowest BCUT2D eigenvalue weighted by Gasteiger charge is -2.56. The van der Waals surface area contributed by atoms with E-state index in [1.54, 1.807) is 22.2 Å². The quantitative estimate of drug-likeness (QED) is 0.130. The summed E-state index contributed by atoms with van der Waals surface area (Å²) in [6.45, 7) is 12.4. The summed E-state index contributed by atoms with van der Waals surface area (Å²) in [5.41, 5.74) is 6.27. The third kappa shape index (κ3) is 9.25. The molecule has 1 N–H and O–H groups in total. The number of ether oxygens (including phenoxy) is 1. The summed E-state index contributed by atoms with van der Waals surface area (Å²) >= 11 is 6.33. The molecule has 13 nitrogen and oxygen atoms in total. The number of rotatable bonds is 11. The Morgan fingerprint density at radius 2 is 1.61 bits per heavy atom. The number of amides is 2. The van der Waals surface area contributed by atoms with Crippen molar-refractivity contribution in [1.29, 1.82) is 5.26 Å². The Balaban J connectivity index is 0.645. The molecule has 3 aromatic carbocycles. The highest BCUT2D eigenvalue weighted by Gasteiger charge is 2.48. The zero-order valence-electron chi connectivity index (χ0n) is 39.1. The Hall–Kier alpha value is -5.55. The van der Waals surface area contributed by atoms with Gasteiger partial charge in [0.25, 0.3) is 0 Å². The maximum absolute atomic E-state index is 13.3. The Labute approximate surface area is 398 Å². The number of carbonyl (C=O) groups excluding carboxylic acids is 2. The second kappa shape index (κ2) is 18.5. The fraction of sp³-hybridized carbons (Fsp3) is 0.509. The van der Waals surface area contributed by atoms with Crippen LogP contribution in [0.3, 0.4) is 0 Å². The van der Waals surface area contributed by atoms with Crippen molar-refractivity contribution in [2.45, 2.75) is 108 Å². The summed E-state index contributed by atoms with van der Waals surface area (Å²) in [4.78, 5) is 55.1. The number of nitrogens with zero attached hydrogens (tertiary/aromatic N) is 8. The van der Waals surface area contributed by atoms with Gasteiger partial charge < -0.3 is 19.4 Å². The first-order chi connectivity index (χ1) is 32.3. The number of fused-ring (bicyclic) bond motifs is 1. The summed E-state index contributed by atoms with van der Waals surface area (Å²) < 4.78 is 9.40. The van der Waals surface area contributed by atoms with Crippen LogP contribution >= 0.6 is 11.6 Å². The molecule has 6 heterocycles. The van der Waals surface area contributed by atoms with Crippen molar-refractivity contribution < 1.29 is 14.3 Å². The van der Waals surface area contributed by atoms with E-state index in [0.717, 1.165) is 84.5 Å². The van der Waals surface area contributed by atoms with E-state index in [0.29, 0.717) is 41.0 Å². The van der Waals surface area contributed by atoms with E-state index in [9.17, 15) is 19.6 Å². The van der Waals surface area contributed by atoms with Crippen molar-refractivity contribution in [3.8, 4) is 11.8 Å². The van der Waals surface area contributed by atoms with Gasteiger partial charge >= 0.3 is 5.69 Å². The molecule has 67 heavy (non-hydrogen) atoms. The molecule has 2 amide bonds. The minimum absolute atomic E-state index is 0.216. The molecular weight excluding hydrogens is 862 g/mol. The van der Waals surface area contributed by atoms with Gasteiger partial charge in [-0.15, -0.1) is 0 Å². The largest absolute Gasteiger partial charge is 0.487 e. The standard InChI is InChI=1S/C53H62ClN9O4/c1-52(2,40-26-36(32-55)27-41(54)29-40)39-5-7-44(8-6-39)67-34-42-12-19-56-50(57-42)62-24-17-53(18-25-62)30-43(31-53)61-22-13-35(14-23-61)33-60-20-15-37(16-21-60)38-4-9-45-47(28-38)59(3)51(66)63(45)46-10-11-48(64)58-49(46)65/h4-9,12,19,26-29,35,37,43,46H,10-11,13-18,20-25,30-31,33-34H2,1-3H3,(H,58,64,65). The van der Waals surface area contributed by atoms with E-state index < -0.39 is 11.9 Å². The number of imide groups is 1. The molecule has 1 spiro atoms. The van der Waals surface area contributed by atoms with Crippen molar-refractivity contribution in [2.24, 2.45) is 18.4 Å². The van der Waals surface area contributed by atoms with Crippen molar-refractivity contribution in [1.82, 2.24) is 34.2 Å². The molecule has 10 rings (SSSR count). The molecule has 5 aliphatic rings. The number of piperidine rings is 4. The molecule has 14 heteroatoms. The molecular formula is C53H62ClN9O4. The molecule has 4 aliphatic heterocycles. The number of hydrogen-bond donors (Lipinski definition) is 1. The number of likely N-dealkylation sites (tertiary alicyclic amines) is 2. The molecule has 5 aromatic rings. The summed E-state index contributed by atoms with van der Waals surface area (Å²) in [7, 11) is 1.77. The van der Waals surface area contributed by atoms with Crippen LogP contribution in [0.25, 0.3) is 11.0 Å². The van der Waals surface area contributed by atoms with Gasteiger partial charge in [-0.25, -0.2) is 14.8 Å². The highest BCUT2D eigenvalue weighted by Crippen LogP contribution is 2.52. The normalized spacial score (nSPS) is 21.4. The molecule has 4 saturated heterocycles. The SMILES string of the molecule is Cn1c(=O)n(C2CCC(=O)NC2=O)c2ccc(C3CCN(CC4CCN(C5CC6(CCN(c7nccc(COc8ccc(C(C)(C)c9cc(Cl)cc(C#N)c9)cc8)n7)CC6)C5)CC4)CC3)cc21. The van der Waals surface area contributed by atoms with Crippen molar-refractivity contribution in [2.75, 3.05) is 50.7 Å². The van der Waals surface area contributed by atoms with Crippen LogP contribution in [0, 0.1) is 22.7 Å². The zero-order valence-corrected chi connectivity index (χ0v) is 39.8. The topological polar surface area (TPSA) is 142 Å². The van der Waals surface area contributed by atoms with E-state index in [4.69, 9.17) is 21.3 Å². The van der Waals surface area contributed by atoms with E-state index in [-0.39, 0.29) is 23.4 Å². The Morgan fingerprint density at radius 1 is 0.866 bits per heavy atom. The van der Waals surface area contributed by atoms with Crippen LogP contribution in [-0.4, -0.2) is 92.6 Å². The maximum Gasteiger partial charge on any atom is 0.329 e. The van der Waals surface area contributed by atoms with Crippen molar-refractivity contribution in [3.05, 3.63) is 116 Å². The fourth-order valence-electron chi connectivity index (χ4n) is 11.9. The predicted molar refractivity (Wildman–Crippen MR) is 259 cm³/mol. The van der Waals surface area contributed by atoms with Gasteiger partial charge in [0.1, 0.15) is 18.4 Å².